The van der Waals surface area contributed by atoms with Gasteiger partial charge in [0.25, 0.3) is 5.91 Å². The number of carbonyl (C=O) groups excluding carboxylic acids is 1. The molecule has 2 saturated carbocycles. The van der Waals surface area contributed by atoms with Crippen LogP contribution in [0.5, 0.6) is 5.75 Å². The van der Waals surface area contributed by atoms with Gasteiger partial charge in [0, 0.05) is 10.7 Å². The van der Waals surface area contributed by atoms with Gasteiger partial charge >= 0.3 is 0 Å². The number of amides is 1. The number of rotatable bonds is 2. The van der Waals surface area contributed by atoms with Crippen LogP contribution in [0.2, 0.25) is 5.02 Å². The van der Waals surface area contributed by atoms with Crippen LogP contribution in [0.4, 0.5) is 0 Å². The second-order valence-corrected chi connectivity index (χ2v) is 5.72. The van der Waals surface area contributed by atoms with Crippen LogP contribution in [0.25, 0.3) is 0 Å². The van der Waals surface area contributed by atoms with E-state index < -0.39 is 5.91 Å². The van der Waals surface area contributed by atoms with Crippen molar-refractivity contribution in [2.45, 2.75) is 25.7 Å². The number of carbonyl (C=O) groups is 1. The van der Waals surface area contributed by atoms with Crippen LogP contribution in [-0.2, 0) is 0 Å². The third-order valence-corrected chi connectivity index (χ3v) is 4.25. The maximum absolute atomic E-state index is 11.9. The number of nitrogens with one attached hydrogen (secondary N) is 1. The largest absolute Gasteiger partial charge is 0.507 e. The number of hydrogen-bond acceptors (Lipinski definition) is 3. The third kappa shape index (κ3) is 2.45. The highest BCUT2D eigenvalue weighted by atomic mass is 35.5. The third-order valence-electron chi connectivity index (χ3n) is 4.02. The van der Waals surface area contributed by atoms with Crippen molar-refractivity contribution in [3.63, 3.8) is 0 Å². The van der Waals surface area contributed by atoms with E-state index >= 15 is 0 Å². The molecular weight excluding hydrogens is 264 g/mol. The number of phenols is 1. The molecule has 0 aromatic heterocycles. The number of hydrazone groups is 1. The van der Waals surface area contributed by atoms with E-state index in [1.54, 1.807) is 6.07 Å². The van der Waals surface area contributed by atoms with Crippen molar-refractivity contribution in [3.05, 3.63) is 28.8 Å². The molecule has 1 aromatic rings. The zero-order valence-corrected chi connectivity index (χ0v) is 11.2. The van der Waals surface area contributed by atoms with E-state index in [9.17, 15) is 9.90 Å². The molecule has 0 heterocycles. The lowest BCUT2D eigenvalue weighted by atomic mass is 9.99. The molecule has 5 heteroatoms. The van der Waals surface area contributed by atoms with Crippen molar-refractivity contribution in [2.24, 2.45) is 16.9 Å². The average molecular weight is 279 g/mol. The fourth-order valence-corrected chi connectivity index (χ4v) is 3.21. The first-order chi connectivity index (χ1) is 9.13. The second-order valence-electron chi connectivity index (χ2n) is 5.29. The number of nitrogens with zero attached hydrogens (tertiary/aromatic N) is 1. The fraction of sp³-hybridized carbons (Fsp3) is 0.429. The molecule has 4 nitrogen and oxygen atoms in total. The van der Waals surface area contributed by atoms with Crippen molar-refractivity contribution in [3.8, 4) is 5.75 Å². The number of fused-ring (bicyclic) bond motifs is 2. The molecule has 0 radical (unpaired) electrons. The number of halogens is 1. The maximum Gasteiger partial charge on any atom is 0.275 e. The Labute approximate surface area is 116 Å². The van der Waals surface area contributed by atoms with Gasteiger partial charge in [0.1, 0.15) is 5.75 Å². The van der Waals surface area contributed by atoms with Crippen LogP contribution in [0.1, 0.15) is 36.0 Å². The summed E-state index contributed by atoms with van der Waals surface area (Å²) in [5.41, 5.74) is 3.82. The summed E-state index contributed by atoms with van der Waals surface area (Å²) in [7, 11) is 0. The monoisotopic (exact) mass is 278 g/mol. The highest BCUT2D eigenvalue weighted by Gasteiger charge is 2.36. The van der Waals surface area contributed by atoms with Gasteiger partial charge in [-0.3, -0.25) is 4.79 Å². The topological polar surface area (TPSA) is 61.7 Å². The predicted octanol–water partition coefficient (Wildman–Crippen LogP) is 2.95. The van der Waals surface area contributed by atoms with Gasteiger partial charge in [-0.05, 0) is 55.7 Å². The Morgan fingerprint density at radius 2 is 2.26 bits per heavy atom. The van der Waals surface area contributed by atoms with Gasteiger partial charge in [-0.2, -0.15) is 5.10 Å². The lowest BCUT2D eigenvalue weighted by Gasteiger charge is -2.11. The lowest BCUT2D eigenvalue weighted by molar-refractivity contribution is 0.0952. The summed E-state index contributed by atoms with van der Waals surface area (Å²) in [4.78, 5) is 11.9. The Hall–Kier alpha value is -1.55. The van der Waals surface area contributed by atoms with Gasteiger partial charge in [0.15, 0.2) is 0 Å². The first-order valence-corrected chi connectivity index (χ1v) is 6.86. The molecule has 19 heavy (non-hydrogen) atoms. The van der Waals surface area contributed by atoms with E-state index in [1.165, 1.54) is 31.4 Å². The van der Waals surface area contributed by atoms with Crippen LogP contribution < -0.4 is 5.43 Å². The summed E-state index contributed by atoms with van der Waals surface area (Å²) >= 11 is 5.73. The molecule has 0 aliphatic heterocycles. The smallest absolute Gasteiger partial charge is 0.275 e. The molecule has 2 N–H and O–H groups in total. The van der Waals surface area contributed by atoms with Gasteiger partial charge in [0.2, 0.25) is 0 Å². The Kier molecular flexibility index (Phi) is 3.19. The summed E-state index contributed by atoms with van der Waals surface area (Å²) in [5.74, 6) is 0.774. The standard InChI is InChI=1S/C14H15ClN2O2/c15-10-3-4-11(13(18)7-10)14(19)17-16-12-6-8-1-2-9(12)5-8/h3-4,7-9,18H,1-2,5-6H2,(H,17,19)/b16-12-. The number of hydrogen-bond donors (Lipinski definition) is 2. The Bertz CT molecular complexity index is 556. The van der Waals surface area contributed by atoms with Crippen LogP contribution in [-0.4, -0.2) is 16.7 Å². The van der Waals surface area contributed by atoms with Gasteiger partial charge in [-0.15, -0.1) is 0 Å². The Morgan fingerprint density at radius 1 is 1.42 bits per heavy atom. The van der Waals surface area contributed by atoms with Crippen molar-refractivity contribution >= 4 is 23.2 Å². The van der Waals surface area contributed by atoms with Crippen molar-refractivity contribution < 1.29 is 9.90 Å². The van der Waals surface area contributed by atoms with Crippen LogP contribution >= 0.6 is 11.6 Å². The average Bonchev–Trinajstić information content (AvgIpc) is 2.98. The second kappa shape index (κ2) is 4.85. The first-order valence-electron chi connectivity index (χ1n) is 6.49. The SMILES string of the molecule is O=C(N/N=C1/CC2CCC1C2)c1ccc(Cl)cc1O. The van der Waals surface area contributed by atoms with E-state index in [0.29, 0.717) is 10.9 Å². The molecule has 2 atom stereocenters. The van der Waals surface area contributed by atoms with E-state index in [-0.39, 0.29) is 11.3 Å². The molecular formula is C14H15ClN2O2. The van der Waals surface area contributed by atoms with Gasteiger partial charge < -0.3 is 5.11 Å². The number of benzene rings is 1. The maximum atomic E-state index is 11.9. The van der Waals surface area contributed by atoms with E-state index in [1.807, 2.05) is 0 Å². The minimum absolute atomic E-state index is 0.127. The summed E-state index contributed by atoms with van der Waals surface area (Å²) in [6.07, 6.45) is 4.68. The van der Waals surface area contributed by atoms with E-state index in [4.69, 9.17) is 11.6 Å². The summed E-state index contributed by atoms with van der Waals surface area (Å²) in [5, 5.41) is 14.3. The Morgan fingerprint density at radius 3 is 2.89 bits per heavy atom. The molecule has 2 fully saturated rings. The Balaban J connectivity index is 1.70. The molecule has 2 aliphatic carbocycles. The highest BCUT2D eigenvalue weighted by Crippen LogP contribution is 2.42. The normalized spacial score (nSPS) is 26.9. The van der Waals surface area contributed by atoms with Gasteiger partial charge in [-0.25, -0.2) is 5.43 Å². The minimum atomic E-state index is -0.399. The molecule has 3 rings (SSSR count). The first kappa shape index (κ1) is 12.5. The quantitative estimate of drug-likeness (QED) is 0.817. The van der Waals surface area contributed by atoms with E-state index in [2.05, 4.69) is 10.5 Å². The summed E-state index contributed by atoms with van der Waals surface area (Å²) in [6.45, 7) is 0. The molecule has 0 spiro atoms. The number of phenolic OH excluding ortho intramolecular Hbond substituents is 1. The van der Waals surface area contributed by atoms with Crippen molar-refractivity contribution in [2.75, 3.05) is 0 Å². The van der Waals surface area contributed by atoms with Crippen molar-refractivity contribution in [1.82, 2.24) is 5.43 Å². The molecule has 2 aliphatic rings. The van der Waals surface area contributed by atoms with Crippen molar-refractivity contribution in [1.29, 1.82) is 0 Å². The molecule has 2 bridgehead atoms. The van der Waals surface area contributed by atoms with Crippen LogP contribution in [0.3, 0.4) is 0 Å². The van der Waals surface area contributed by atoms with E-state index in [0.717, 1.165) is 18.1 Å². The fourth-order valence-electron chi connectivity index (χ4n) is 3.04. The van der Waals surface area contributed by atoms with Gasteiger partial charge in [0.05, 0.1) is 5.56 Å². The number of aromatic hydroxyl groups is 1. The van der Waals surface area contributed by atoms with Crippen LogP contribution in [0.15, 0.2) is 23.3 Å². The summed E-state index contributed by atoms with van der Waals surface area (Å²) in [6, 6.07) is 4.41. The predicted molar refractivity (Wildman–Crippen MR) is 73.5 cm³/mol. The lowest BCUT2D eigenvalue weighted by Crippen LogP contribution is -2.22. The molecule has 1 aromatic carbocycles. The molecule has 2 unspecified atom stereocenters. The van der Waals surface area contributed by atoms with Gasteiger partial charge in [-0.1, -0.05) is 11.6 Å². The zero-order chi connectivity index (χ0) is 13.4. The molecule has 100 valence electrons. The highest BCUT2D eigenvalue weighted by molar-refractivity contribution is 6.30. The summed E-state index contributed by atoms with van der Waals surface area (Å²) < 4.78 is 0. The zero-order valence-electron chi connectivity index (χ0n) is 10.4. The minimum Gasteiger partial charge on any atom is -0.507 e. The molecule has 1 amide bonds. The molecule has 0 saturated heterocycles. The van der Waals surface area contributed by atoms with Crippen LogP contribution in [0, 0.1) is 11.8 Å².